The van der Waals surface area contributed by atoms with Crippen LogP contribution in [0.1, 0.15) is 18.4 Å². The number of hydrogen-bond donors (Lipinski definition) is 2. The van der Waals surface area contributed by atoms with Crippen LogP contribution in [-0.4, -0.2) is 96.9 Å². The molecule has 0 radical (unpaired) electrons. The molecule has 2 N–H and O–H groups in total. The van der Waals surface area contributed by atoms with Crippen LogP contribution in [0.4, 0.5) is 5.69 Å². The van der Waals surface area contributed by atoms with Gasteiger partial charge in [-0.05, 0) is 49.6 Å². The first kappa shape index (κ1) is 27.8. The van der Waals surface area contributed by atoms with Crippen molar-refractivity contribution in [3.63, 3.8) is 0 Å². The van der Waals surface area contributed by atoms with Crippen LogP contribution in [0.5, 0.6) is 11.5 Å². The second-order valence-electron chi connectivity index (χ2n) is 9.02. The van der Waals surface area contributed by atoms with Gasteiger partial charge in [0, 0.05) is 45.3 Å². The molecule has 2 heterocycles. The summed E-state index contributed by atoms with van der Waals surface area (Å²) in [6, 6.07) is 16.6. The number of carbonyl (C=O) groups excluding carboxylic acids is 1. The minimum Gasteiger partial charge on any atom is -0.495 e. The molecular weight excluding hydrogens is 478 g/mol. The number of piperidine rings is 1. The molecule has 1 amide bonds. The molecule has 2 aliphatic rings. The molecule has 4 rings (SSSR count). The van der Waals surface area contributed by atoms with E-state index in [9.17, 15) is 4.79 Å². The van der Waals surface area contributed by atoms with Crippen LogP contribution in [0.3, 0.4) is 0 Å². The third-order valence-electron chi connectivity index (χ3n) is 6.61. The van der Waals surface area contributed by atoms with Gasteiger partial charge in [0.15, 0.2) is 6.61 Å². The Morgan fingerprint density at radius 2 is 1.54 bits per heavy atom. The average Bonchev–Trinajstić information content (AvgIpc) is 2.92. The van der Waals surface area contributed by atoms with Crippen LogP contribution in [0, 0.1) is 6.92 Å². The van der Waals surface area contributed by atoms with Gasteiger partial charge in [0.1, 0.15) is 11.5 Å². The molecule has 10 nitrogen and oxygen atoms in total. The Balaban J connectivity index is 0.000000568. The molecule has 0 spiro atoms. The smallest absolute Gasteiger partial charge is 0.414 e. The van der Waals surface area contributed by atoms with Crippen LogP contribution < -0.4 is 14.4 Å². The summed E-state index contributed by atoms with van der Waals surface area (Å²) in [6.07, 6.45) is 2.07. The first-order valence-corrected chi connectivity index (χ1v) is 12.3. The summed E-state index contributed by atoms with van der Waals surface area (Å²) in [7, 11) is 1.73. The Bertz CT molecular complexity index is 1050. The van der Waals surface area contributed by atoms with Crippen LogP contribution in [0.15, 0.2) is 48.5 Å². The zero-order valence-electron chi connectivity index (χ0n) is 21.3. The van der Waals surface area contributed by atoms with E-state index in [1.165, 1.54) is 5.69 Å². The standard InChI is InChI=1S/C25H33N3O3.C2H2O4/c1-20-6-5-7-22(18-20)31-19-25(29)28-12-10-21(11-13-28)26-14-16-27(17-15-26)23-8-3-4-9-24(23)30-2;3-1(4)2(5)6/h3-9,18,21H,10-17,19H2,1-2H3;(H,3,4)(H,5,6). The average molecular weight is 514 g/mol. The van der Waals surface area contributed by atoms with Crippen molar-refractivity contribution in [2.24, 2.45) is 0 Å². The second kappa shape index (κ2) is 13.5. The van der Waals surface area contributed by atoms with Gasteiger partial charge < -0.3 is 29.5 Å². The third-order valence-corrected chi connectivity index (χ3v) is 6.61. The van der Waals surface area contributed by atoms with E-state index in [0.29, 0.717) is 6.04 Å². The number of amides is 1. The predicted octanol–water partition coefficient (Wildman–Crippen LogP) is 2.35. The molecule has 10 heteroatoms. The molecule has 0 aromatic heterocycles. The number of aliphatic carboxylic acids is 2. The summed E-state index contributed by atoms with van der Waals surface area (Å²) in [5.74, 6) is -1.86. The summed E-state index contributed by atoms with van der Waals surface area (Å²) in [6.45, 7) is 7.87. The summed E-state index contributed by atoms with van der Waals surface area (Å²) in [5, 5.41) is 14.8. The highest BCUT2D eigenvalue weighted by molar-refractivity contribution is 6.27. The number of ether oxygens (including phenoxy) is 2. The maximum Gasteiger partial charge on any atom is 0.414 e. The Kier molecular flexibility index (Phi) is 10.1. The minimum atomic E-state index is -1.82. The Morgan fingerprint density at radius 1 is 0.892 bits per heavy atom. The molecule has 2 fully saturated rings. The summed E-state index contributed by atoms with van der Waals surface area (Å²) < 4.78 is 11.2. The largest absolute Gasteiger partial charge is 0.495 e. The Hall–Kier alpha value is -3.79. The van der Waals surface area contributed by atoms with Gasteiger partial charge in [-0.2, -0.15) is 0 Å². The number of likely N-dealkylation sites (tertiary alicyclic amines) is 1. The van der Waals surface area contributed by atoms with Crippen molar-refractivity contribution in [1.82, 2.24) is 9.80 Å². The second-order valence-corrected chi connectivity index (χ2v) is 9.02. The zero-order valence-corrected chi connectivity index (χ0v) is 21.3. The molecule has 2 aliphatic heterocycles. The van der Waals surface area contributed by atoms with Crippen molar-refractivity contribution in [1.29, 1.82) is 0 Å². The number of benzene rings is 2. The monoisotopic (exact) mass is 513 g/mol. The molecule has 0 saturated carbocycles. The fourth-order valence-corrected chi connectivity index (χ4v) is 4.64. The Labute approximate surface area is 217 Å². The summed E-state index contributed by atoms with van der Waals surface area (Å²) in [4.78, 5) is 37.7. The number of carboxylic acids is 2. The number of nitrogens with zero attached hydrogens (tertiary/aromatic N) is 3. The maximum atomic E-state index is 12.6. The van der Waals surface area contributed by atoms with E-state index < -0.39 is 11.9 Å². The van der Waals surface area contributed by atoms with Crippen molar-refractivity contribution in [3.8, 4) is 11.5 Å². The molecule has 0 atom stereocenters. The SMILES string of the molecule is COc1ccccc1N1CCN(C2CCN(C(=O)COc3cccc(C)c3)CC2)CC1.O=C(O)C(=O)O. The number of para-hydroxylation sites is 2. The number of rotatable bonds is 6. The van der Waals surface area contributed by atoms with Crippen LogP contribution in [0.2, 0.25) is 0 Å². The predicted molar refractivity (Wildman–Crippen MR) is 138 cm³/mol. The fourth-order valence-electron chi connectivity index (χ4n) is 4.64. The van der Waals surface area contributed by atoms with Gasteiger partial charge >= 0.3 is 11.9 Å². The summed E-state index contributed by atoms with van der Waals surface area (Å²) in [5.41, 5.74) is 2.32. The van der Waals surface area contributed by atoms with Crippen molar-refractivity contribution < 1.29 is 34.1 Å². The first-order valence-electron chi connectivity index (χ1n) is 12.3. The van der Waals surface area contributed by atoms with Gasteiger partial charge in [0.05, 0.1) is 12.8 Å². The van der Waals surface area contributed by atoms with Crippen LogP contribution >= 0.6 is 0 Å². The van der Waals surface area contributed by atoms with Crippen molar-refractivity contribution >= 4 is 23.5 Å². The number of carbonyl (C=O) groups is 3. The van der Waals surface area contributed by atoms with Gasteiger partial charge in [-0.1, -0.05) is 24.3 Å². The molecule has 0 aliphatic carbocycles. The van der Waals surface area contributed by atoms with E-state index in [0.717, 1.165) is 69.2 Å². The lowest BCUT2D eigenvalue weighted by atomic mass is 10.0. The highest BCUT2D eigenvalue weighted by atomic mass is 16.5. The van der Waals surface area contributed by atoms with Crippen LogP contribution in [-0.2, 0) is 14.4 Å². The van der Waals surface area contributed by atoms with E-state index >= 15 is 0 Å². The van der Waals surface area contributed by atoms with Gasteiger partial charge in [-0.3, -0.25) is 9.69 Å². The van der Waals surface area contributed by atoms with Gasteiger partial charge in [-0.15, -0.1) is 0 Å². The molecular formula is C27H35N3O7. The normalized spacial score (nSPS) is 16.4. The number of aryl methyl sites for hydroxylation is 1. The molecule has 0 unspecified atom stereocenters. The number of hydrogen-bond acceptors (Lipinski definition) is 7. The third kappa shape index (κ3) is 8.11. The van der Waals surface area contributed by atoms with E-state index in [1.807, 2.05) is 48.2 Å². The first-order chi connectivity index (χ1) is 17.8. The maximum absolute atomic E-state index is 12.6. The van der Waals surface area contributed by atoms with Gasteiger partial charge in [-0.25, -0.2) is 9.59 Å². The lowest BCUT2D eigenvalue weighted by Gasteiger charge is -2.43. The lowest BCUT2D eigenvalue weighted by molar-refractivity contribution is -0.159. The number of carboxylic acid groups (broad SMARTS) is 2. The van der Waals surface area contributed by atoms with E-state index in [1.54, 1.807) is 7.11 Å². The minimum absolute atomic E-state index is 0.0842. The molecule has 2 saturated heterocycles. The van der Waals surface area contributed by atoms with Crippen molar-refractivity contribution in [3.05, 3.63) is 54.1 Å². The van der Waals surface area contributed by atoms with Crippen molar-refractivity contribution in [2.45, 2.75) is 25.8 Å². The molecule has 0 bridgehead atoms. The number of anilines is 1. The van der Waals surface area contributed by atoms with Crippen molar-refractivity contribution in [2.75, 3.05) is 57.9 Å². The van der Waals surface area contributed by atoms with E-state index in [4.69, 9.17) is 29.3 Å². The molecule has 200 valence electrons. The van der Waals surface area contributed by atoms with Crippen LogP contribution in [0.25, 0.3) is 0 Å². The van der Waals surface area contributed by atoms with E-state index in [2.05, 4.69) is 21.9 Å². The van der Waals surface area contributed by atoms with E-state index in [-0.39, 0.29) is 12.5 Å². The summed E-state index contributed by atoms with van der Waals surface area (Å²) >= 11 is 0. The highest BCUT2D eigenvalue weighted by Gasteiger charge is 2.29. The lowest BCUT2D eigenvalue weighted by Crippen LogP contribution is -2.54. The molecule has 2 aromatic rings. The highest BCUT2D eigenvalue weighted by Crippen LogP contribution is 2.29. The topological polar surface area (TPSA) is 120 Å². The molecule has 2 aromatic carbocycles. The number of piperazine rings is 1. The molecule has 37 heavy (non-hydrogen) atoms. The number of methoxy groups -OCH3 is 1. The zero-order chi connectivity index (χ0) is 26.8. The van der Waals surface area contributed by atoms with Gasteiger partial charge in [0.25, 0.3) is 5.91 Å². The Morgan fingerprint density at radius 3 is 2.14 bits per heavy atom. The van der Waals surface area contributed by atoms with Gasteiger partial charge in [0.2, 0.25) is 0 Å². The fraction of sp³-hybridized carbons (Fsp3) is 0.444. The quantitative estimate of drug-likeness (QED) is 0.561.